The van der Waals surface area contributed by atoms with Crippen molar-refractivity contribution in [1.29, 1.82) is 5.26 Å². The second-order valence-electron chi connectivity index (χ2n) is 2.63. The molecule has 2 aromatic rings. The van der Waals surface area contributed by atoms with E-state index in [1.807, 2.05) is 6.07 Å². The molecule has 4 nitrogen and oxygen atoms in total. The molecule has 2 rings (SSSR count). The first kappa shape index (κ1) is 8.38. The summed E-state index contributed by atoms with van der Waals surface area (Å²) in [7, 11) is 0. The molecule has 68 valence electrons. The highest BCUT2D eigenvalue weighted by Gasteiger charge is 2.05. The summed E-state index contributed by atoms with van der Waals surface area (Å²) in [5.74, 6) is -0.436. The van der Waals surface area contributed by atoms with Crippen molar-refractivity contribution in [3.63, 3.8) is 0 Å². The van der Waals surface area contributed by atoms with Crippen LogP contribution < -0.4 is 0 Å². The minimum absolute atomic E-state index is 0.224. The van der Waals surface area contributed by atoms with Crippen LogP contribution >= 0.6 is 0 Å². The van der Waals surface area contributed by atoms with E-state index in [0.29, 0.717) is 5.56 Å². The highest BCUT2D eigenvalue weighted by atomic mass is 19.1. The summed E-state index contributed by atoms with van der Waals surface area (Å²) in [4.78, 5) is 0. The normalized spacial score (nSPS) is 9.71. The third kappa shape index (κ3) is 1.33. The maximum atomic E-state index is 13.3. The molecule has 5 heteroatoms. The molecule has 0 saturated carbocycles. The van der Waals surface area contributed by atoms with Gasteiger partial charge in [0.15, 0.2) is 0 Å². The Hall–Kier alpha value is -2.22. The van der Waals surface area contributed by atoms with Crippen molar-refractivity contribution in [2.75, 3.05) is 0 Å². The molecule has 1 heterocycles. The van der Waals surface area contributed by atoms with E-state index in [1.165, 1.54) is 35.3 Å². The molecule has 0 saturated heterocycles. The quantitative estimate of drug-likeness (QED) is 0.677. The first-order chi connectivity index (χ1) is 6.81. The Balaban J connectivity index is 2.58. The summed E-state index contributed by atoms with van der Waals surface area (Å²) < 4.78 is 14.5. The number of benzene rings is 1. The van der Waals surface area contributed by atoms with Crippen LogP contribution in [-0.4, -0.2) is 15.0 Å². The van der Waals surface area contributed by atoms with Crippen molar-refractivity contribution in [3.8, 4) is 11.8 Å². The molecule has 14 heavy (non-hydrogen) atoms. The van der Waals surface area contributed by atoms with E-state index in [2.05, 4.69) is 10.3 Å². The summed E-state index contributed by atoms with van der Waals surface area (Å²) >= 11 is 0. The lowest BCUT2D eigenvalue weighted by Crippen LogP contribution is -1.99. The lowest BCUT2D eigenvalue weighted by atomic mass is 10.2. The van der Waals surface area contributed by atoms with Gasteiger partial charge in [0.05, 0.1) is 24.0 Å². The highest BCUT2D eigenvalue weighted by Crippen LogP contribution is 2.13. The van der Waals surface area contributed by atoms with Crippen molar-refractivity contribution in [1.82, 2.24) is 15.0 Å². The van der Waals surface area contributed by atoms with Crippen molar-refractivity contribution >= 4 is 0 Å². The van der Waals surface area contributed by atoms with Crippen LogP contribution in [0.2, 0.25) is 0 Å². The fourth-order valence-electron chi connectivity index (χ4n) is 1.09. The van der Waals surface area contributed by atoms with Gasteiger partial charge in [-0.25, -0.2) is 9.07 Å². The van der Waals surface area contributed by atoms with Crippen LogP contribution in [0.15, 0.2) is 30.6 Å². The first-order valence-corrected chi connectivity index (χ1v) is 3.87. The minimum Gasteiger partial charge on any atom is -0.218 e. The predicted molar refractivity (Wildman–Crippen MR) is 46.0 cm³/mol. The van der Waals surface area contributed by atoms with Gasteiger partial charge in [-0.3, -0.25) is 0 Å². The van der Waals surface area contributed by atoms with Gasteiger partial charge in [-0.1, -0.05) is 5.21 Å². The molecule has 0 unspecified atom stereocenters. The smallest absolute Gasteiger partial charge is 0.149 e. The average Bonchev–Trinajstić information content (AvgIpc) is 2.71. The molecule has 0 N–H and O–H groups in total. The number of nitriles is 1. The molecule has 0 atom stereocenters. The summed E-state index contributed by atoms with van der Waals surface area (Å²) in [5, 5.41) is 15.8. The number of hydrogen-bond acceptors (Lipinski definition) is 3. The van der Waals surface area contributed by atoms with Gasteiger partial charge in [0.25, 0.3) is 0 Å². The summed E-state index contributed by atoms with van der Waals surface area (Å²) in [6, 6.07) is 5.99. The fourth-order valence-corrected chi connectivity index (χ4v) is 1.09. The number of nitrogens with zero attached hydrogens (tertiary/aromatic N) is 4. The zero-order chi connectivity index (χ0) is 9.97. The van der Waals surface area contributed by atoms with E-state index in [0.717, 1.165) is 0 Å². The van der Waals surface area contributed by atoms with E-state index in [-0.39, 0.29) is 5.69 Å². The number of halogens is 1. The lowest BCUT2D eigenvalue weighted by molar-refractivity contribution is 0.607. The van der Waals surface area contributed by atoms with E-state index < -0.39 is 5.82 Å². The Kier molecular flexibility index (Phi) is 1.95. The highest BCUT2D eigenvalue weighted by molar-refractivity contribution is 5.41. The van der Waals surface area contributed by atoms with Crippen molar-refractivity contribution in [2.24, 2.45) is 0 Å². The van der Waals surface area contributed by atoms with Crippen molar-refractivity contribution < 1.29 is 4.39 Å². The summed E-state index contributed by atoms with van der Waals surface area (Å²) in [5.41, 5.74) is 0.610. The molecule has 0 aliphatic rings. The fraction of sp³-hybridized carbons (Fsp3) is 0. The number of rotatable bonds is 1. The van der Waals surface area contributed by atoms with Crippen LogP contribution in [0.4, 0.5) is 4.39 Å². The molecule has 1 aromatic heterocycles. The Morgan fingerprint density at radius 2 is 2.29 bits per heavy atom. The van der Waals surface area contributed by atoms with E-state index in [9.17, 15) is 4.39 Å². The summed E-state index contributed by atoms with van der Waals surface area (Å²) in [6.45, 7) is 0. The minimum atomic E-state index is -0.436. The number of hydrogen-bond donors (Lipinski definition) is 0. The molecule has 0 spiro atoms. The third-order valence-corrected chi connectivity index (χ3v) is 1.74. The second-order valence-corrected chi connectivity index (χ2v) is 2.63. The molecule has 1 aromatic carbocycles. The molecule has 0 radical (unpaired) electrons. The van der Waals surface area contributed by atoms with Gasteiger partial charge in [-0.2, -0.15) is 5.26 Å². The Morgan fingerprint density at radius 3 is 2.93 bits per heavy atom. The predicted octanol–water partition coefficient (Wildman–Crippen LogP) is 1.28. The monoisotopic (exact) mass is 188 g/mol. The Labute approximate surface area is 79.2 Å². The summed E-state index contributed by atoms with van der Waals surface area (Å²) in [6.07, 6.45) is 2.96. The molecule has 0 aliphatic carbocycles. The van der Waals surface area contributed by atoms with Crippen LogP contribution in [0.25, 0.3) is 5.69 Å². The van der Waals surface area contributed by atoms with Gasteiger partial charge in [0.1, 0.15) is 11.5 Å². The Bertz CT molecular complexity index is 484. The third-order valence-electron chi connectivity index (χ3n) is 1.74. The molecular formula is C9H5FN4. The number of aromatic nitrogens is 3. The van der Waals surface area contributed by atoms with Crippen LogP contribution in [-0.2, 0) is 0 Å². The van der Waals surface area contributed by atoms with E-state index >= 15 is 0 Å². The van der Waals surface area contributed by atoms with Crippen LogP contribution in [0.5, 0.6) is 0 Å². The zero-order valence-electron chi connectivity index (χ0n) is 7.05. The van der Waals surface area contributed by atoms with E-state index in [4.69, 9.17) is 5.26 Å². The van der Waals surface area contributed by atoms with Gasteiger partial charge in [-0.05, 0) is 18.2 Å². The standard InChI is InChI=1S/C9H5FN4/c10-8-2-1-7(6-11)5-9(8)14-4-3-12-13-14/h1-5H. The van der Waals surface area contributed by atoms with E-state index in [1.54, 1.807) is 0 Å². The van der Waals surface area contributed by atoms with Gasteiger partial charge >= 0.3 is 0 Å². The van der Waals surface area contributed by atoms with Crippen LogP contribution in [0, 0.1) is 17.1 Å². The second kappa shape index (κ2) is 3.26. The molecule has 0 fully saturated rings. The van der Waals surface area contributed by atoms with Crippen molar-refractivity contribution in [3.05, 3.63) is 42.0 Å². The van der Waals surface area contributed by atoms with Gasteiger partial charge in [-0.15, -0.1) is 5.10 Å². The first-order valence-electron chi connectivity index (χ1n) is 3.87. The van der Waals surface area contributed by atoms with Gasteiger partial charge < -0.3 is 0 Å². The zero-order valence-corrected chi connectivity index (χ0v) is 7.05. The molecule has 0 bridgehead atoms. The van der Waals surface area contributed by atoms with Crippen molar-refractivity contribution in [2.45, 2.75) is 0 Å². The van der Waals surface area contributed by atoms with Gasteiger partial charge in [0, 0.05) is 0 Å². The van der Waals surface area contributed by atoms with Crippen LogP contribution in [0.3, 0.4) is 0 Å². The average molecular weight is 188 g/mol. The molecule has 0 amide bonds. The lowest BCUT2D eigenvalue weighted by Gasteiger charge is -2.01. The maximum Gasteiger partial charge on any atom is 0.149 e. The maximum absolute atomic E-state index is 13.3. The Morgan fingerprint density at radius 1 is 1.43 bits per heavy atom. The largest absolute Gasteiger partial charge is 0.218 e. The van der Waals surface area contributed by atoms with Gasteiger partial charge in [0.2, 0.25) is 0 Å². The van der Waals surface area contributed by atoms with Crippen LogP contribution in [0.1, 0.15) is 5.56 Å². The molecular weight excluding hydrogens is 183 g/mol. The molecule has 0 aliphatic heterocycles. The SMILES string of the molecule is N#Cc1ccc(F)c(-n2ccnn2)c1. The topological polar surface area (TPSA) is 54.5 Å².